The summed E-state index contributed by atoms with van der Waals surface area (Å²) in [7, 11) is 0. The molecule has 66 valence electrons. The zero-order valence-corrected chi connectivity index (χ0v) is 8.18. The van der Waals surface area contributed by atoms with Gasteiger partial charge in [0.1, 0.15) is 11.6 Å². The van der Waals surface area contributed by atoms with Gasteiger partial charge in [0.25, 0.3) is 0 Å². The van der Waals surface area contributed by atoms with Crippen LogP contribution >= 0.6 is 23.6 Å². The molecule has 2 heterocycles. The van der Waals surface area contributed by atoms with Crippen molar-refractivity contribution in [1.29, 1.82) is 5.26 Å². The van der Waals surface area contributed by atoms with Crippen LogP contribution in [0.5, 0.6) is 0 Å². The third-order valence-electron chi connectivity index (χ3n) is 1.78. The van der Waals surface area contributed by atoms with Gasteiger partial charge in [-0.2, -0.15) is 5.26 Å². The van der Waals surface area contributed by atoms with Gasteiger partial charge in [-0.25, -0.2) is 0 Å². The van der Waals surface area contributed by atoms with E-state index in [0.717, 1.165) is 10.7 Å². The van der Waals surface area contributed by atoms with Crippen LogP contribution in [0.25, 0.3) is 0 Å². The third-order valence-corrected chi connectivity index (χ3v) is 3.01. The lowest BCUT2D eigenvalue weighted by molar-refractivity contribution is 1.08. The topological polar surface area (TPSA) is 77.6 Å². The molecule has 0 bridgehead atoms. The fraction of sp³-hybridized carbons (Fsp3) is 0.143. The molecule has 0 amide bonds. The number of nitrogens with one attached hydrogen (secondary N) is 2. The van der Waals surface area contributed by atoms with E-state index in [1.165, 1.54) is 11.3 Å². The summed E-state index contributed by atoms with van der Waals surface area (Å²) in [6.45, 7) is 0. The molecule has 13 heavy (non-hydrogen) atoms. The highest BCUT2D eigenvalue weighted by molar-refractivity contribution is 7.73. The minimum Gasteiger partial charge on any atom is -0.384 e. The lowest BCUT2D eigenvalue weighted by Gasteiger charge is -2.13. The van der Waals surface area contributed by atoms with Crippen molar-refractivity contribution in [3.05, 3.63) is 20.2 Å². The molecule has 0 radical (unpaired) electrons. The molecule has 0 aromatic carbocycles. The number of fused-ring (bicyclic) bond motifs is 1. The number of nitriles is 1. The van der Waals surface area contributed by atoms with Gasteiger partial charge >= 0.3 is 0 Å². The Bertz CT molecular complexity index is 473. The van der Waals surface area contributed by atoms with Gasteiger partial charge in [-0.3, -0.25) is 0 Å². The molecule has 1 aliphatic rings. The van der Waals surface area contributed by atoms with Gasteiger partial charge in [-0.15, -0.1) is 11.3 Å². The van der Waals surface area contributed by atoms with Crippen LogP contribution in [0.4, 0.5) is 5.82 Å². The number of nitrogens with zero attached hydrogens (tertiary/aromatic N) is 1. The number of hydrogen-bond donors (Lipinski definition) is 3. The standard InChI is InChI=1S/C7H6N4S2/c8-2-3-1-4-6(10-5(3)9)11-7(12)13-4/h10H,1,9H2,(H,11,12). The van der Waals surface area contributed by atoms with E-state index in [2.05, 4.69) is 16.4 Å². The van der Waals surface area contributed by atoms with Gasteiger partial charge in [0.2, 0.25) is 0 Å². The van der Waals surface area contributed by atoms with E-state index < -0.39 is 0 Å². The lowest BCUT2D eigenvalue weighted by atomic mass is 10.1. The molecule has 4 N–H and O–H groups in total. The molecule has 1 aromatic heterocycles. The number of hydrogen-bond acceptors (Lipinski definition) is 5. The number of rotatable bonds is 0. The Morgan fingerprint density at radius 1 is 1.62 bits per heavy atom. The van der Waals surface area contributed by atoms with E-state index in [0.29, 0.717) is 21.8 Å². The molecule has 1 aromatic rings. The van der Waals surface area contributed by atoms with Crippen LogP contribution in [0.1, 0.15) is 4.88 Å². The summed E-state index contributed by atoms with van der Waals surface area (Å²) in [4.78, 5) is 4.01. The van der Waals surface area contributed by atoms with Crippen LogP contribution < -0.4 is 11.1 Å². The van der Waals surface area contributed by atoms with Gasteiger partial charge in [-0.05, 0) is 12.2 Å². The van der Waals surface area contributed by atoms with Crippen LogP contribution in [0.2, 0.25) is 0 Å². The first kappa shape index (κ1) is 8.29. The van der Waals surface area contributed by atoms with E-state index >= 15 is 0 Å². The maximum absolute atomic E-state index is 8.73. The average molecular weight is 210 g/mol. The molecule has 0 fully saturated rings. The SMILES string of the molecule is N#CC1=C(N)Nc2[nH]c(=S)sc2C1. The van der Waals surface area contributed by atoms with E-state index in [9.17, 15) is 0 Å². The number of H-pyrrole nitrogens is 1. The zero-order valence-electron chi connectivity index (χ0n) is 6.55. The molecule has 6 heteroatoms. The lowest BCUT2D eigenvalue weighted by Crippen LogP contribution is -2.18. The Morgan fingerprint density at radius 2 is 2.38 bits per heavy atom. The molecule has 1 aliphatic heterocycles. The van der Waals surface area contributed by atoms with Crippen molar-refractivity contribution in [3.8, 4) is 6.07 Å². The van der Waals surface area contributed by atoms with Gasteiger partial charge in [0.15, 0.2) is 3.95 Å². The Balaban J connectivity index is 2.48. The monoisotopic (exact) mass is 210 g/mol. The van der Waals surface area contributed by atoms with Crippen LogP contribution in [-0.2, 0) is 6.42 Å². The minimum absolute atomic E-state index is 0.416. The number of anilines is 1. The molecule has 0 aliphatic carbocycles. The second-order valence-corrected chi connectivity index (χ2v) is 4.39. The Labute approximate surface area is 83.7 Å². The van der Waals surface area contributed by atoms with Gasteiger partial charge in [0.05, 0.1) is 16.5 Å². The number of thiazole rings is 1. The summed E-state index contributed by atoms with van der Waals surface area (Å²) >= 11 is 6.44. The quantitative estimate of drug-likeness (QED) is 0.567. The van der Waals surface area contributed by atoms with Crippen LogP contribution in [-0.4, -0.2) is 4.98 Å². The van der Waals surface area contributed by atoms with Crippen molar-refractivity contribution >= 4 is 29.4 Å². The van der Waals surface area contributed by atoms with Crippen LogP contribution in [0, 0.1) is 15.3 Å². The highest BCUT2D eigenvalue weighted by Crippen LogP contribution is 2.28. The molecule has 0 unspecified atom stereocenters. The second-order valence-electron chi connectivity index (χ2n) is 2.62. The maximum atomic E-state index is 8.73. The summed E-state index contributed by atoms with van der Waals surface area (Å²) in [5.41, 5.74) is 6.18. The summed E-state index contributed by atoms with van der Waals surface area (Å²) in [6.07, 6.45) is 0.572. The molecule has 0 atom stereocenters. The summed E-state index contributed by atoms with van der Waals surface area (Å²) in [5, 5.41) is 11.6. The average Bonchev–Trinajstić information content (AvgIpc) is 2.42. The second kappa shape index (κ2) is 2.87. The maximum Gasteiger partial charge on any atom is 0.160 e. The van der Waals surface area contributed by atoms with Crippen molar-refractivity contribution in [2.75, 3.05) is 5.32 Å². The molecule has 2 rings (SSSR count). The zero-order chi connectivity index (χ0) is 9.42. The fourth-order valence-corrected chi connectivity index (χ4v) is 2.35. The van der Waals surface area contributed by atoms with Crippen molar-refractivity contribution in [3.63, 3.8) is 0 Å². The molecule has 0 spiro atoms. The Kier molecular flexibility index (Phi) is 1.83. The van der Waals surface area contributed by atoms with Crippen molar-refractivity contribution in [2.45, 2.75) is 6.42 Å². The van der Waals surface area contributed by atoms with E-state index in [4.69, 9.17) is 23.2 Å². The number of nitrogens with two attached hydrogens (primary N) is 1. The smallest absolute Gasteiger partial charge is 0.160 e. The third kappa shape index (κ3) is 1.32. The largest absolute Gasteiger partial charge is 0.384 e. The first-order valence-corrected chi connectivity index (χ1v) is 4.81. The first-order valence-electron chi connectivity index (χ1n) is 3.58. The molecular formula is C7H6N4S2. The summed E-state index contributed by atoms with van der Waals surface area (Å²) in [5.74, 6) is 1.24. The number of allylic oxidation sites excluding steroid dienone is 1. The van der Waals surface area contributed by atoms with Gasteiger partial charge in [-0.1, -0.05) is 0 Å². The van der Waals surface area contributed by atoms with Gasteiger partial charge in [0, 0.05) is 6.42 Å². The van der Waals surface area contributed by atoms with Gasteiger partial charge < -0.3 is 16.0 Å². The van der Waals surface area contributed by atoms with Crippen molar-refractivity contribution in [1.82, 2.24) is 4.98 Å². The summed E-state index contributed by atoms with van der Waals surface area (Å²) < 4.78 is 0.699. The molecule has 0 saturated carbocycles. The Hall–Kier alpha value is -1.32. The normalized spacial score (nSPS) is 14.7. The molecule has 4 nitrogen and oxygen atoms in total. The van der Waals surface area contributed by atoms with Crippen LogP contribution in [0.15, 0.2) is 11.4 Å². The highest BCUT2D eigenvalue weighted by atomic mass is 32.1. The van der Waals surface area contributed by atoms with Crippen molar-refractivity contribution in [2.24, 2.45) is 5.73 Å². The minimum atomic E-state index is 0.416. The predicted molar refractivity (Wildman–Crippen MR) is 53.7 cm³/mol. The fourth-order valence-electron chi connectivity index (χ4n) is 1.15. The van der Waals surface area contributed by atoms with Crippen LogP contribution in [0.3, 0.4) is 0 Å². The first-order chi connectivity index (χ1) is 6.20. The number of aromatic nitrogens is 1. The van der Waals surface area contributed by atoms with Crippen molar-refractivity contribution < 1.29 is 0 Å². The Morgan fingerprint density at radius 3 is 3.08 bits per heavy atom. The predicted octanol–water partition coefficient (Wildman–Crippen LogP) is 1.47. The highest BCUT2D eigenvalue weighted by Gasteiger charge is 2.17. The van der Waals surface area contributed by atoms with E-state index in [1.807, 2.05) is 0 Å². The van der Waals surface area contributed by atoms with E-state index in [1.54, 1.807) is 0 Å². The molecular weight excluding hydrogens is 204 g/mol. The van der Waals surface area contributed by atoms with E-state index in [-0.39, 0.29) is 0 Å². The number of aromatic amines is 1. The molecule has 0 saturated heterocycles. The summed E-state index contributed by atoms with van der Waals surface area (Å²) in [6, 6.07) is 2.05.